The zero-order valence-corrected chi connectivity index (χ0v) is 15.6. The summed E-state index contributed by atoms with van der Waals surface area (Å²) in [6.45, 7) is 0.274. The molecule has 3 aliphatic rings. The fraction of sp³-hybridized carbons (Fsp3) is 0.409. The van der Waals surface area contributed by atoms with Crippen molar-refractivity contribution >= 4 is 17.5 Å². The van der Waals surface area contributed by atoms with Gasteiger partial charge in [0.1, 0.15) is 5.75 Å². The number of ketones is 2. The molecule has 0 unspecified atom stereocenters. The van der Waals surface area contributed by atoms with Gasteiger partial charge in [0.2, 0.25) is 0 Å². The van der Waals surface area contributed by atoms with Gasteiger partial charge in [0.15, 0.2) is 11.6 Å². The molecular formula is C22H23NO5. The Hall–Kier alpha value is -2.89. The Kier molecular flexibility index (Phi) is 4.79. The Morgan fingerprint density at radius 3 is 1.96 bits per heavy atom. The number of carbonyl (C=O) groups is 3. The first-order chi connectivity index (χ1) is 13.5. The standard InChI is InChI=1S/C22H23NO5/c24-14-9-7-13(8-10-14)20-21-15(3-1-5-17(21)25)23(12-11-19(27)28)16-4-2-6-18(26)22(16)20/h7-10,20,24H,1-6,11-12H2,(H,27,28). The summed E-state index contributed by atoms with van der Waals surface area (Å²) in [5, 5.41) is 18.8. The smallest absolute Gasteiger partial charge is 0.305 e. The molecule has 1 aliphatic heterocycles. The number of hydrogen-bond acceptors (Lipinski definition) is 5. The van der Waals surface area contributed by atoms with Crippen LogP contribution in [0.4, 0.5) is 0 Å². The minimum atomic E-state index is -0.894. The van der Waals surface area contributed by atoms with E-state index in [4.69, 9.17) is 0 Å². The molecule has 146 valence electrons. The van der Waals surface area contributed by atoms with Crippen molar-refractivity contribution in [3.05, 3.63) is 52.4 Å². The number of carbonyl (C=O) groups excluding carboxylic acids is 2. The zero-order chi connectivity index (χ0) is 19.8. The third-order valence-corrected chi connectivity index (χ3v) is 5.86. The highest BCUT2D eigenvalue weighted by Crippen LogP contribution is 2.49. The third kappa shape index (κ3) is 3.13. The van der Waals surface area contributed by atoms with Crippen LogP contribution in [0.15, 0.2) is 46.8 Å². The Bertz CT molecular complexity index is 865. The van der Waals surface area contributed by atoms with Crippen molar-refractivity contribution in [1.82, 2.24) is 4.90 Å². The molecule has 2 N–H and O–H groups in total. The van der Waals surface area contributed by atoms with Gasteiger partial charge in [-0.05, 0) is 43.4 Å². The van der Waals surface area contributed by atoms with Crippen LogP contribution in [0.2, 0.25) is 0 Å². The number of aromatic hydroxyl groups is 1. The van der Waals surface area contributed by atoms with Gasteiger partial charge in [-0.3, -0.25) is 14.4 Å². The Balaban J connectivity index is 1.90. The van der Waals surface area contributed by atoms with E-state index in [0.29, 0.717) is 36.8 Å². The number of rotatable bonds is 4. The molecule has 0 spiro atoms. The number of allylic oxidation sites excluding steroid dienone is 4. The quantitative estimate of drug-likeness (QED) is 0.831. The molecule has 6 heteroatoms. The fourth-order valence-corrected chi connectivity index (χ4v) is 4.69. The number of phenols is 1. The van der Waals surface area contributed by atoms with Crippen LogP contribution in [0.5, 0.6) is 5.75 Å². The van der Waals surface area contributed by atoms with E-state index in [9.17, 15) is 24.6 Å². The molecule has 0 radical (unpaired) electrons. The van der Waals surface area contributed by atoms with Crippen molar-refractivity contribution in [2.24, 2.45) is 0 Å². The summed E-state index contributed by atoms with van der Waals surface area (Å²) in [5.74, 6) is -1.12. The number of nitrogens with zero attached hydrogens (tertiary/aromatic N) is 1. The number of phenolic OH excluding ortho intramolecular Hbond substituents is 1. The van der Waals surface area contributed by atoms with E-state index in [1.54, 1.807) is 24.3 Å². The minimum Gasteiger partial charge on any atom is -0.508 e. The lowest BCUT2D eigenvalue weighted by atomic mass is 9.71. The van der Waals surface area contributed by atoms with E-state index in [2.05, 4.69) is 0 Å². The predicted octanol–water partition coefficient (Wildman–Crippen LogP) is 3.28. The van der Waals surface area contributed by atoms with E-state index >= 15 is 0 Å². The number of hydrogen-bond donors (Lipinski definition) is 2. The van der Waals surface area contributed by atoms with Crippen LogP contribution in [0.1, 0.15) is 56.4 Å². The molecule has 0 amide bonds. The van der Waals surface area contributed by atoms with Gasteiger partial charge in [-0.25, -0.2) is 0 Å². The SMILES string of the molecule is O=C(O)CCN1C2=C(C(=O)CCC2)C(c2ccc(O)cc2)C2=C1CCCC2=O. The molecule has 0 saturated heterocycles. The summed E-state index contributed by atoms with van der Waals surface area (Å²) < 4.78 is 0. The van der Waals surface area contributed by atoms with Crippen molar-refractivity contribution in [2.75, 3.05) is 6.54 Å². The average molecular weight is 381 g/mol. The number of benzene rings is 1. The number of Topliss-reactive ketones (excluding diaryl/α,β-unsaturated/α-hetero) is 2. The van der Waals surface area contributed by atoms with Crippen LogP contribution in [-0.4, -0.2) is 39.2 Å². The minimum absolute atomic E-state index is 0.0320. The van der Waals surface area contributed by atoms with Crippen molar-refractivity contribution < 1.29 is 24.6 Å². The Labute approximate surface area is 163 Å². The molecular weight excluding hydrogens is 358 g/mol. The second-order valence-corrected chi connectivity index (χ2v) is 7.59. The van der Waals surface area contributed by atoms with Gasteiger partial charge in [0, 0.05) is 47.8 Å². The van der Waals surface area contributed by atoms with Gasteiger partial charge in [-0.15, -0.1) is 0 Å². The maximum atomic E-state index is 13.0. The molecule has 0 atom stereocenters. The molecule has 0 fully saturated rings. The highest BCUT2D eigenvalue weighted by molar-refractivity contribution is 6.06. The molecule has 1 heterocycles. The van der Waals surface area contributed by atoms with E-state index < -0.39 is 11.9 Å². The summed E-state index contributed by atoms with van der Waals surface area (Å²) in [7, 11) is 0. The monoisotopic (exact) mass is 381 g/mol. The van der Waals surface area contributed by atoms with Gasteiger partial charge >= 0.3 is 5.97 Å². The van der Waals surface area contributed by atoms with Crippen LogP contribution in [0.25, 0.3) is 0 Å². The van der Waals surface area contributed by atoms with Crippen LogP contribution in [0, 0.1) is 0 Å². The molecule has 1 aromatic rings. The van der Waals surface area contributed by atoms with Crippen molar-refractivity contribution in [2.45, 2.75) is 50.9 Å². The van der Waals surface area contributed by atoms with Crippen LogP contribution in [-0.2, 0) is 14.4 Å². The lowest BCUT2D eigenvalue weighted by molar-refractivity contribution is -0.137. The van der Waals surface area contributed by atoms with Crippen LogP contribution in [0.3, 0.4) is 0 Å². The summed E-state index contributed by atoms with van der Waals surface area (Å²) in [4.78, 5) is 39.1. The molecule has 4 rings (SSSR count). The largest absolute Gasteiger partial charge is 0.508 e. The van der Waals surface area contributed by atoms with Crippen molar-refractivity contribution in [3.8, 4) is 5.75 Å². The van der Waals surface area contributed by atoms with Crippen LogP contribution < -0.4 is 0 Å². The third-order valence-electron chi connectivity index (χ3n) is 5.86. The van der Waals surface area contributed by atoms with Crippen LogP contribution >= 0.6 is 0 Å². The zero-order valence-electron chi connectivity index (χ0n) is 15.6. The van der Waals surface area contributed by atoms with E-state index in [-0.39, 0.29) is 30.3 Å². The average Bonchev–Trinajstić information content (AvgIpc) is 2.67. The molecule has 0 aromatic heterocycles. The highest BCUT2D eigenvalue weighted by atomic mass is 16.4. The summed E-state index contributed by atoms with van der Waals surface area (Å²) >= 11 is 0. The summed E-state index contributed by atoms with van der Waals surface area (Å²) in [6.07, 6.45) is 3.73. The molecule has 28 heavy (non-hydrogen) atoms. The number of carboxylic acid groups (broad SMARTS) is 1. The summed E-state index contributed by atoms with van der Waals surface area (Å²) in [6, 6.07) is 6.69. The first kappa shape index (κ1) is 18.5. The lowest BCUT2D eigenvalue weighted by Crippen LogP contribution is -2.39. The predicted molar refractivity (Wildman–Crippen MR) is 102 cm³/mol. The molecule has 6 nitrogen and oxygen atoms in total. The highest BCUT2D eigenvalue weighted by Gasteiger charge is 2.43. The number of carboxylic acids is 1. The lowest BCUT2D eigenvalue weighted by Gasteiger charge is -2.43. The number of aliphatic carboxylic acids is 1. The van der Waals surface area contributed by atoms with Gasteiger partial charge < -0.3 is 15.1 Å². The normalized spacial score (nSPS) is 20.4. The van der Waals surface area contributed by atoms with E-state index in [1.807, 2.05) is 4.90 Å². The maximum absolute atomic E-state index is 13.0. The van der Waals surface area contributed by atoms with Gasteiger partial charge in [-0.1, -0.05) is 12.1 Å². The van der Waals surface area contributed by atoms with E-state index in [1.165, 1.54) is 0 Å². The molecule has 1 aromatic carbocycles. The fourth-order valence-electron chi connectivity index (χ4n) is 4.69. The molecule has 0 saturated carbocycles. The van der Waals surface area contributed by atoms with E-state index in [0.717, 1.165) is 29.8 Å². The summed E-state index contributed by atoms with van der Waals surface area (Å²) in [5.41, 5.74) is 3.85. The first-order valence-electron chi connectivity index (χ1n) is 9.78. The maximum Gasteiger partial charge on any atom is 0.305 e. The van der Waals surface area contributed by atoms with Crippen molar-refractivity contribution in [3.63, 3.8) is 0 Å². The second kappa shape index (κ2) is 7.26. The first-order valence-corrected chi connectivity index (χ1v) is 9.78. The Morgan fingerprint density at radius 2 is 1.46 bits per heavy atom. The van der Waals surface area contributed by atoms with Gasteiger partial charge in [-0.2, -0.15) is 0 Å². The van der Waals surface area contributed by atoms with Crippen molar-refractivity contribution in [1.29, 1.82) is 0 Å². The Morgan fingerprint density at radius 1 is 0.929 bits per heavy atom. The second-order valence-electron chi connectivity index (χ2n) is 7.59. The van der Waals surface area contributed by atoms with Gasteiger partial charge in [0.05, 0.1) is 6.42 Å². The topological polar surface area (TPSA) is 94.9 Å². The molecule has 0 bridgehead atoms. The van der Waals surface area contributed by atoms with Gasteiger partial charge in [0.25, 0.3) is 0 Å². The molecule has 2 aliphatic carbocycles.